The number of imide groups is 2. The molecular formula is C15H22N2O4. The SMILES string of the molecule is O=C1NC(=O)C2(CCCCCC2)C(=O)N1CC1CCOC1. The lowest BCUT2D eigenvalue weighted by molar-refractivity contribution is -0.153. The molecule has 2 saturated heterocycles. The Kier molecular flexibility index (Phi) is 3.97. The molecule has 1 atom stereocenters. The van der Waals surface area contributed by atoms with Gasteiger partial charge in [-0.25, -0.2) is 4.79 Å². The van der Waals surface area contributed by atoms with Gasteiger partial charge in [0.1, 0.15) is 5.41 Å². The van der Waals surface area contributed by atoms with Crippen molar-refractivity contribution in [2.45, 2.75) is 44.9 Å². The summed E-state index contributed by atoms with van der Waals surface area (Å²) in [6.45, 7) is 1.62. The number of carbonyl (C=O) groups excluding carboxylic acids is 3. The molecule has 0 aromatic heterocycles. The number of nitrogens with zero attached hydrogens (tertiary/aromatic N) is 1. The summed E-state index contributed by atoms with van der Waals surface area (Å²) in [7, 11) is 0. The summed E-state index contributed by atoms with van der Waals surface area (Å²) in [5.41, 5.74) is -1.01. The third-order valence-electron chi connectivity index (χ3n) is 4.98. The number of nitrogens with one attached hydrogen (secondary N) is 1. The number of rotatable bonds is 2. The molecule has 2 heterocycles. The van der Waals surface area contributed by atoms with Crippen molar-refractivity contribution in [1.82, 2.24) is 10.2 Å². The molecular weight excluding hydrogens is 272 g/mol. The zero-order valence-electron chi connectivity index (χ0n) is 12.2. The standard InChI is InChI=1S/C15H22N2O4/c18-12-15(6-3-1-2-4-7-15)13(19)17(14(20)16-12)9-11-5-8-21-10-11/h11H,1-10H2,(H,16,18,20). The van der Waals surface area contributed by atoms with Crippen molar-refractivity contribution in [2.75, 3.05) is 19.8 Å². The number of hydrogen-bond donors (Lipinski definition) is 1. The normalized spacial score (nSPS) is 29.6. The highest BCUT2D eigenvalue weighted by Gasteiger charge is 2.53. The fourth-order valence-electron chi connectivity index (χ4n) is 3.66. The lowest BCUT2D eigenvalue weighted by atomic mass is 9.76. The number of urea groups is 1. The fourth-order valence-corrected chi connectivity index (χ4v) is 3.66. The molecule has 0 aromatic carbocycles. The van der Waals surface area contributed by atoms with E-state index in [0.29, 0.717) is 32.6 Å². The van der Waals surface area contributed by atoms with E-state index in [0.717, 1.165) is 32.1 Å². The van der Waals surface area contributed by atoms with E-state index in [1.807, 2.05) is 0 Å². The Hall–Kier alpha value is -1.43. The van der Waals surface area contributed by atoms with E-state index in [4.69, 9.17) is 4.74 Å². The molecule has 2 aliphatic heterocycles. The van der Waals surface area contributed by atoms with Gasteiger partial charge in [-0.15, -0.1) is 0 Å². The zero-order valence-corrected chi connectivity index (χ0v) is 12.2. The van der Waals surface area contributed by atoms with Crippen molar-refractivity contribution in [3.63, 3.8) is 0 Å². The van der Waals surface area contributed by atoms with E-state index < -0.39 is 17.4 Å². The predicted octanol–water partition coefficient (Wildman–Crippen LogP) is 1.44. The van der Waals surface area contributed by atoms with Gasteiger partial charge in [0.05, 0.1) is 6.61 Å². The van der Waals surface area contributed by atoms with Gasteiger partial charge >= 0.3 is 6.03 Å². The molecule has 3 rings (SSSR count). The van der Waals surface area contributed by atoms with Crippen LogP contribution in [0.25, 0.3) is 0 Å². The van der Waals surface area contributed by atoms with Gasteiger partial charge < -0.3 is 4.74 Å². The van der Waals surface area contributed by atoms with Gasteiger partial charge in [-0.05, 0) is 19.3 Å². The first-order valence-corrected chi connectivity index (χ1v) is 7.89. The molecule has 0 radical (unpaired) electrons. The second-order valence-corrected chi connectivity index (χ2v) is 6.40. The summed E-state index contributed by atoms with van der Waals surface area (Å²) in [5.74, 6) is -0.487. The van der Waals surface area contributed by atoms with Gasteiger partial charge in [0.25, 0.3) is 0 Å². The Morgan fingerprint density at radius 1 is 1.14 bits per heavy atom. The van der Waals surface area contributed by atoms with Crippen LogP contribution in [-0.4, -0.2) is 42.5 Å². The van der Waals surface area contributed by atoms with Crippen LogP contribution >= 0.6 is 0 Å². The average molecular weight is 294 g/mol. The van der Waals surface area contributed by atoms with Gasteiger partial charge in [0.2, 0.25) is 11.8 Å². The zero-order chi connectivity index (χ0) is 14.9. The maximum absolute atomic E-state index is 12.9. The monoisotopic (exact) mass is 294 g/mol. The summed E-state index contributed by atoms with van der Waals surface area (Å²) >= 11 is 0. The van der Waals surface area contributed by atoms with Gasteiger partial charge in [-0.2, -0.15) is 0 Å². The Bertz CT molecular complexity index is 449. The van der Waals surface area contributed by atoms with E-state index in [-0.39, 0.29) is 11.8 Å². The highest BCUT2D eigenvalue weighted by molar-refractivity contribution is 6.19. The van der Waals surface area contributed by atoms with Crippen molar-refractivity contribution in [3.8, 4) is 0 Å². The second-order valence-electron chi connectivity index (χ2n) is 6.40. The van der Waals surface area contributed by atoms with Crippen molar-refractivity contribution in [1.29, 1.82) is 0 Å². The first kappa shape index (κ1) is 14.5. The number of ether oxygens (including phenoxy) is 1. The third kappa shape index (κ3) is 2.57. The first-order chi connectivity index (χ1) is 10.1. The third-order valence-corrected chi connectivity index (χ3v) is 4.98. The largest absolute Gasteiger partial charge is 0.381 e. The van der Waals surface area contributed by atoms with Gasteiger partial charge in [-0.1, -0.05) is 25.7 Å². The van der Waals surface area contributed by atoms with Gasteiger partial charge in [-0.3, -0.25) is 19.8 Å². The van der Waals surface area contributed by atoms with Crippen LogP contribution in [-0.2, 0) is 14.3 Å². The first-order valence-electron chi connectivity index (χ1n) is 7.89. The van der Waals surface area contributed by atoms with Crippen LogP contribution in [0.5, 0.6) is 0 Å². The highest BCUT2D eigenvalue weighted by Crippen LogP contribution is 2.39. The minimum atomic E-state index is -1.01. The predicted molar refractivity (Wildman–Crippen MR) is 74.3 cm³/mol. The molecule has 0 bridgehead atoms. The molecule has 1 unspecified atom stereocenters. The molecule has 1 saturated carbocycles. The number of barbiturate groups is 1. The van der Waals surface area contributed by atoms with Crippen molar-refractivity contribution in [3.05, 3.63) is 0 Å². The van der Waals surface area contributed by atoms with E-state index in [1.165, 1.54) is 4.90 Å². The number of carbonyl (C=O) groups is 3. The lowest BCUT2D eigenvalue weighted by Crippen LogP contribution is -2.64. The van der Waals surface area contributed by atoms with Crippen LogP contribution in [0.4, 0.5) is 4.79 Å². The second kappa shape index (κ2) is 5.75. The van der Waals surface area contributed by atoms with Crippen molar-refractivity contribution >= 4 is 17.8 Å². The average Bonchev–Trinajstić information content (AvgIpc) is 2.84. The molecule has 3 fully saturated rings. The molecule has 116 valence electrons. The molecule has 0 aromatic rings. The highest BCUT2D eigenvalue weighted by atomic mass is 16.5. The summed E-state index contributed by atoms with van der Waals surface area (Å²) in [6.07, 6.45) is 5.81. The Morgan fingerprint density at radius 2 is 1.86 bits per heavy atom. The minimum Gasteiger partial charge on any atom is -0.381 e. The Labute approximate surface area is 124 Å². The quantitative estimate of drug-likeness (QED) is 0.782. The molecule has 6 nitrogen and oxygen atoms in total. The van der Waals surface area contributed by atoms with E-state index in [2.05, 4.69) is 5.32 Å². The molecule has 1 spiro atoms. The minimum absolute atomic E-state index is 0.190. The maximum Gasteiger partial charge on any atom is 0.330 e. The fraction of sp³-hybridized carbons (Fsp3) is 0.800. The van der Waals surface area contributed by atoms with Crippen LogP contribution in [0.15, 0.2) is 0 Å². The molecule has 4 amide bonds. The summed E-state index contributed by atoms with van der Waals surface area (Å²) in [6, 6.07) is -0.563. The molecule has 1 aliphatic carbocycles. The van der Waals surface area contributed by atoms with Gasteiger partial charge in [0, 0.05) is 19.1 Å². The Morgan fingerprint density at radius 3 is 2.48 bits per heavy atom. The van der Waals surface area contributed by atoms with Crippen molar-refractivity contribution in [2.24, 2.45) is 11.3 Å². The lowest BCUT2D eigenvalue weighted by Gasteiger charge is -2.39. The Balaban J connectivity index is 1.81. The van der Waals surface area contributed by atoms with Crippen LogP contribution in [0.2, 0.25) is 0 Å². The molecule has 1 N–H and O–H groups in total. The molecule has 21 heavy (non-hydrogen) atoms. The smallest absolute Gasteiger partial charge is 0.330 e. The number of amides is 4. The maximum atomic E-state index is 12.9. The van der Waals surface area contributed by atoms with Gasteiger partial charge in [0.15, 0.2) is 0 Å². The van der Waals surface area contributed by atoms with Crippen LogP contribution in [0.1, 0.15) is 44.9 Å². The van der Waals surface area contributed by atoms with Crippen LogP contribution in [0, 0.1) is 11.3 Å². The topological polar surface area (TPSA) is 75.7 Å². The van der Waals surface area contributed by atoms with Crippen molar-refractivity contribution < 1.29 is 19.1 Å². The molecule has 3 aliphatic rings. The summed E-state index contributed by atoms with van der Waals surface area (Å²) in [4.78, 5) is 38.5. The number of hydrogen-bond acceptors (Lipinski definition) is 4. The summed E-state index contributed by atoms with van der Waals surface area (Å²) < 4.78 is 5.31. The van der Waals surface area contributed by atoms with E-state index in [9.17, 15) is 14.4 Å². The van der Waals surface area contributed by atoms with E-state index >= 15 is 0 Å². The van der Waals surface area contributed by atoms with Crippen LogP contribution < -0.4 is 5.32 Å². The summed E-state index contributed by atoms with van der Waals surface area (Å²) in [5, 5.41) is 2.41. The molecule has 6 heteroatoms. The van der Waals surface area contributed by atoms with Crippen LogP contribution in [0.3, 0.4) is 0 Å². The van der Waals surface area contributed by atoms with E-state index in [1.54, 1.807) is 0 Å².